The van der Waals surface area contributed by atoms with Crippen molar-refractivity contribution in [3.63, 3.8) is 0 Å². The number of benzene rings is 15. The zero-order valence-electron chi connectivity index (χ0n) is 65.5. The average molecular weight is 1600 g/mol. The highest BCUT2D eigenvalue weighted by atomic mass is 32.1. The SMILES string of the molecule is CC1(C)c2ccccc2-c2ccc(-c3nc(-c4ccc5sc6c(-c7ccc8c(c7)c7ccc(-c9nc(-c%10ccc%11sc%12cccc(-c%13nc(-c%14ccccc%14)nc(-c%14ccccc%14)n%13)c%12c%11c%10)c%10oc%11ccccc%11c%10n9)cc7n8-c7ccccc7)ccc(-c7nc(-c8ccccc8)nc(-c8ccccc8)n7)c6c5c4)c4oc5ccccc5c4n3)cc21. The van der Waals surface area contributed by atoms with Crippen molar-refractivity contribution < 1.29 is 8.83 Å². The van der Waals surface area contributed by atoms with E-state index in [0.717, 1.165) is 168 Å². The molecule has 0 aliphatic heterocycles. The van der Waals surface area contributed by atoms with Crippen molar-refractivity contribution in [3.05, 3.63) is 357 Å². The normalized spacial score (nSPS) is 12.6. The van der Waals surface area contributed by atoms with Gasteiger partial charge in [0.25, 0.3) is 0 Å². The Bertz CT molecular complexity index is 8380. The number of hydrogen-bond acceptors (Lipinski definition) is 14. The third-order valence-corrected chi connectivity index (χ3v) is 26.5. The van der Waals surface area contributed by atoms with E-state index in [2.05, 4.69) is 231 Å². The molecule has 122 heavy (non-hydrogen) atoms. The summed E-state index contributed by atoms with van der Waals surface area (Å²) in [5.41, 5.74) is 24.4. The Morgan fingerprint density at radius 1 is 0.254 bits per heavy atom. The van der Waals surface area contributed by atoms with Crippen LogP contribution in [-0.2, 0) is 5.41 Å². The van der Waals surface area contributed by atoms with Crippen LogP contribution in [0.4, 0.5) is 0 Å². The standard InChI is InChI=1S/C107H63N11O2S2/c1-107(2)81-39-21-18-35-71(81)72-48-43-67(58-82(72)107)103-108-93(97-94(110-103)74-36-19-22-40-85(74)120-97)66-47-54-88-80(57-66)91-77(106-116-101(62-29-12-5-13-30-62)113-102(117-106)63-31-14-6-15-32-63)51-50-70(98(91)122-88)64-45-52-83-78(55-64)73-49-44-68(59-84(73)118(83)69-33-16-7-17-34-69)104-109-92(96-95(111-104)75-37-20-23-41-86(75)119-96)65-46-53-87-79(56-65)90-76(38-24-42-89(90)121-87)105-114-99(60-25-8-3-9-26-60)112-100(115-105)61-27-10-4-11-28-61/h3-59H,1-2H3. The van der Waals surface area contributed by atoms with E-state index in [1.807, 2.05) is 133 Å². The van der Waals surface area contributed by atoms with Crippen molar-refractivity contribution in [1.29, 1.82) is 0 Å². The van der Waals surface area contributed by atoms with Crippen LogP contribution in [0.3, 0.4) is 0 Å². The molecule has 0 saturated carbocycles. The number of thiophene rings is 2. The molecule has 1 aliphatic carbocycles. The predicted molar refractivity (Wildman–Crippen MR) is 496 cm³/mol. The molecule has 0 atom stereocenters. The quantitative estimate of drug-likeness (QED) is 0.114. The molecule has 0 amide bonds. The second-order valence-corrected chi connectivity index (χ2v) is 33.8. The molecule has 25 rings (SSSR count). The summed E-state index contributed by atoms with van der Waals surface area (Å²) in [5.74, 6) is 4.67. The maximum atomic E-state index is 6.90. The summed E-state index contributed by atoms with van der Waals surface area (Å²) in [4.78, 5) is 53.7. The lowest BCUT2D eigenvalue weighted by molar-refractivity contribution is 0.660. The van der Waals surface area contributed by atoms with Gasteiger partial charge in [-0.1, -0.05) is 263 Å². The summed E-state index contributed by atoms with van der Waals surface area (Å²) in [7, 11) is 0. The number of hydrogen-bond donors (Lipinski definition) is 0. The first-order chi connectivity index (χ1) is 60.2. The monoisotopic (exact) mass is 1600 g/mol. The van der Waals surface area contributed by atoms with Crippen molar-refractivity contribution in [2.24, 2.45) is 0 Å². The summed E-state index contributed by atoms with van der Waals surface area (Å²) in [6.45, 7) is 4.62. The van der Waals surface area contributed by atoms with Gasteiger partial charge in [0.2, 0.25) is 0 Å². The molecule has 15 heteroatoms. The summed E-state index contributed by atoms with van der Waals surface area (Å²) in [5, 5.41) is 8.09. The topological polar surface area (TPSA) is 160 Å². The van der Waals surface area contributed by atoms with E-state index < -0.39 is 0 Å². The molecule has 0 radical (unpaired) electrons. The summed E-state index contributed by atoms with van der Waals surface area (Å²) in [6, 6.07) is 121. The van der Waals surface area contributed by atoms with Gasteiger partial charge in [0.05, 0.1) is 11.0 Å². The van der Waals surface area contributed by atoms with Crippen molar-refractivity contribution in [3.8, 4) is 142 Å². The Hall–Kier alpha value is -15.7. The van der Waals surface area contributed by atoms with Gasteiger partial charge in [0, 0.05) is 129 Å². The molecule has 0 unspecified atom stereocenters. The molecule has 24 aromatic rings. The first-order valence-electron chi connectivity index (χ1n) is 40.7. The molecule has 9 aromatic heterocycles. The Kier molecular flexibility index (Phi) is 15.5. The lowest BCUT2D eigenvalue weighted by atomic mass is 9.82. The fourth-order valence-corrected chi connectivity index (χ4v) is 20.7. The molecule has 1 aliphatic rings. The Morgan fingerprint density at radius 2 is 0.689 bits per heavy atom. The smallest absolute Gasteiger partial charge is 0.180 e. The predicted octanol–water partition coefficient (Wildman–Crippen LogP) is 27.9. The Balaban J connectivity index is 0.664. The maximum absolute atomic E-state index is 6.90. The van der Waals surface area contributed by atoms with Crippen molar-refractivity contribution >= 4 is 129 Å². The number of furan rings is 2. The third kappa shape index (κ3) is 11.1. The highest BCUT2D eigenvalue weighted by molar-refractivity contribution is 7.26. The minimum absolute atomic E-state index is 0.230. The number of para-hydroxylation sites is 3. The van der Waals surface area contributed by atoms with Gasteiger partial charge in [0.15, 0.2) is 57.8 Å². The fourth-order valence-electron chi connectivity index (χ4n) is 18.3. The molecular formula is C107H63N11O2S2. The van der Waals surface area contributed by atoms with Crippen LogP contribution in [0.5, 0.6) is 0 Å². The van der Waals surface area contributed by atoms with Gasteiger partial charge in [-0.3, -0.25) is 0 Å². The second-order valence-electron chi connectivity index (χ2n) is 31.7. The molecule has 0 bridgehead atoms. The van der Waals surface area contributed by atoms with E-state index >= 15 is 0 Å². The van der Waals surface area contributed by atoms with Crippen molar-refractivity contribution in [2.45, 2.75) is 19.3 Å². The number of nitrogens with zero attached hydrogens (tertiary/aromatic N) is 11. The van der Waals surface area contributed by atoms with Crippen LogP contribution < -0.4 is 0 Å². The van der Waals surface area contributed by atoms with Gasteiger partial charge >= 0.3 is 0 Å². The van der Waals surface area contributed by atoms with E-state index in [1.54, 1.807) is 22.7 Å². The average Bonchev–Trinajstić information content (AvgIpc) is 1.59. The first-order valence-corrected chi connectivity index (χ1v) is 42.3. The molecule has 0 N–H and O–H groups in total. The zero-order valence-corrected chi connectivity index (χ0v) is 67.1. The van der Waals surface area contributed by atoms with Crippen molar-refractivity contribution in [1.82, 2.24) is 54.4 Å². The molecular weight excluding hydrogens is 1540 g/mol. The van der Waals surface area contributed by atoms with Crippen LogP contribution in [0.2, 0.25) is 0 Å². The fraction of sp³-hybridized carbons (Fsp3) is 0.0280. The number of rotatable bonds is 12. The molecule has 0 saturated heterocycles. The van der Waals surface area contributed by atoms with Crippen LogP contribution in [0, 0.1) is 0 Å². The van der Waals surface area contributed by atoms with Gasteiger partial charge in [-0.15, -0.1) is 22.7 Å². The highest BCUT2D eigenvalue weighted by Crippen LogP contribution is 2.53. The molecule has 15 aromatic carbocycles. The van der Waals surface area contributed by atoms with E-state index in [4.69, 9.17) is 58.7 Å². The highest BCUT2D eigenvalue weighted by Gasteiger charge is 2.36. The second kappa shape index (κ2) is 27.2. The van der Waals surface area contributed by atoms with Crippen LogP contribution in [0.25, 0.3) is 248 Å². The number of fused-ring (bicyclic) bond motifs is 18. The van der Waals surface area contributed by atoms with E-state index in [1.165, 1.54) is 22.3 Å². The summed E-state index contributed by atoms with van der Waals surface area (Å²) < 4.78 is 20.5. The summed E-state index contributed by atoms with van der Waals surface area (Å²) >= 11 is 3.51. The van der Waals surface area contributed by atoms with Gasteiger partial charge in [-0.05, 0) is 130 Å². The maximum Gasteiger partial charge on any atom is 0.180 e. The Labute approximate surface area is 705 Å². The van der Waals surface area contributed by atoms with Gasteiger partial charge < -0.3 is 13.4 Å². The lowest BCUT2D eigenvalue weighted by Crippen LogP contribution is -2.15. The van der Waals surface area contributed by atoms with E-state index in [0.29, 0.717) is 69.1 Å². The molecule has 0 spiro atoms. The first kappa shape index (κ1) is 69.4. The van der Waals surface area contributed by atoms with Gasteiger partial charge in [0.1, 0.15) is 33.6 Å². The Morgan fingerprint density at radius 3 is 1.28 bits per heavy atom. The minimum atomic E-state index is -0.230. The van der Waals surface area contributed by atoms with Crippen LogP contribution in [-0.4, -0.2) is 54.4 Å². The van der Waals surface area contributed by atoms with E-state index in [-0.39, 0.29) is 5.41 Å². The zero-order chi connectivity index (χ0) is 80.4. The summed E-state index contributed by atoms with van der Waals surface area (Å²) in [6.07, 6.45) is 0. The molecule has 0 fully saturated rings. The van der Waals surface area contributed by atoms with Crippen LogP contribution in [0.1, 0.15) is 25.0 Å². The van der Waals surface area contributed by atoms with Gasteiger partial charge in [-0.25, -0.2) is 49.8 Å². The lowest BCUT2D eigenvalue weighted by Gasteiger charge is -2.21. The number of aromatic nitrogens is 11. The van der Waals surface area contributed by atoms with Crippen molar-refractivity contribution in [2.75, 3.05) is 0 Å². The molecule has 570 valence electrons. The minimum Gasteiger partial charge on any atom is -0.452 e. The molecule has 9 heterocycles. The van der Waals surface area contributed by atoms with Crippen LogP contribution >= 0.6 is 22.7 Å². The van der Waals surface area contributed by atoms with Gasteiger partial charge in [-0.2, -0.15) is 0 Å². The van der Waals surface area contributed by atoms with Crippen LogP contribution in [0.15, 0.2) is 355 Å². The largest absolute Gasteiger partial charge is 0.452 e. The van der Waals surface area contributed by atoms with E-state index in [9.17, 15) is 0 Å². The molecule has 13 nitrogen and oxygen atoms in total. The third-order valence-electron chi connectivity index (χ3n) is 24.2.